The highest BCUT2D eigenvalue weighted by Crippen LogP contribution is 2.36. The monoisotopic (exact) mass is 170 g/mol. The summed E-state index contributed by atoms with van der Waals surface area (Å²) in [6.07, 6.45) is 4.62. The topological polar surface area (TPSA) is 20.2 Å². The quantitative estimate of drug-likeness (QED) is 0.675. The Hall–Kier alpha value is -0.0400. The third kappa shape index (κ3) is 2.01. The van der Waals surface area contributed by atoms with Crippen LogP contribution in [0.2, 0.25) is 0 Å². The second kappa shape index (κ2) is 4.27. The molecule has 0 aromatic carbocycles. The van der Waals surface area contributed by atoms with Crippen LogP contribution in [0.1, 0.15) is 46.5 Å². The van der Waals surface area contributed by atoms with Gasteiger partial charge in [-0.25, -0.2) is 0 Å². The molecule has 0 bridgehead atoms. The van der Waals surface area contributed by atoms with E-state index in [9.17, 15) is 5.11 Å². The van der Waals surface area contributed by atoms with Crippen LogP contribution in [0.3, 0.4) is 0 Å². The van der Waals surface area contributed by atoms with Crippen molar-refractivity contribution in [2.24, 2.45) is 17.8 Å². The molecule has 0 saturated heterocycles. The summed E-state index contributed by atoms with van der Waals surface area (Å²) in [7, 11) is 0. The van der Waals surface area contributed by atoms with Crippen LogP contribution in [0.25, 0.3) is 0 Å². The minimum absolute atomic E-state index is 0.0175. The van der Waals surface area contributed by atoms with Gasteiger partial charge < -0.3 is 5.11 Å². The second-order valence-electron chi connectivity index (χ2n) is 4.35. The number of aliphatic hydroxyl groups is 1. The highest BCUT2D eigenvalue weighted by Gasteiger charge is 2.31. The number of rotatable bonds is 2. The fourth-order valence-electron chi connectivity index (χ4n) is 2.57. The summed E-state index contributed by atoms with van der Waals surface area (Å²) < 4.78 is 0. The van der Waals surface area contributed by atoms with Gasteiger partial charge in [-0.2, -0.15) is 0 Å². The lowest BCUT2D eigenvalue weighted by molar-refractivity contribution is 0.0167. The fourth-order valence-corrected chi connectivity index (χ4v) is 2.57. The second-order valence-corrected chi connectivity index (χ2v) is 4.35. The van der Waals surface area contributed by atoms with E-state index in [-0.39, 0.29) is 6.10 Å². The van der Waals surface area contributed by atoms with Crippen molar-refractivity contribution < 1.29 is 5.11 Å². The zero-order valence-corrected chi connectivity index (χ0v) is 8.59. The molecule has 0 aromatic rings. The first-order chi connectivity index (χ1) is 5.69. The third-order valence-corrected chi connectivity index (χ3v) is 3.62. The van der Waals surface area contributed by atoms with Crippen molar-refractivity contribution in [3.63, 3.8) is 0 Å². The van der Waals surface area contributed by atoms with E-state index >= 15 is 0 Å². The molecule has 1 aliphatic rings. The molecule has 0 radical (unpaired) electrons. The Morgan fingerprint density at radius 3 is 2.17 bits per heavy atom. The van der Waals surface area contributed by atoms with Crippen LogP contribution in [0, 0.1) is 17.8 Å². The predicted octanol–water partition coefficient (Wildman–Crippen LogP) is 2.83. The lowest BCUT2D eigenvalue weighted by Gasteiger charge is -2.37. The van der Waals surface area contributed by atoms with Gasteiger partial charge in [0.05, 0.1) is 6.10 Å². The third-order valence-electron chi connectivity index (χ3n) is 3.62. The minimum atomic E-state index is -0.0175. The van der Waals surface area contributed by atoms with E-state index in [0.717, 1.165) is 24.7 Å². The SMILES string of the molecule is CCC1CC(O)C(CC)CC1C. The van der Waals surface area contributed by atoms with Gasteiger partial charge in [0.1, 0.15) is 0 Å². The van der Waals surface area contributed by atoms with Gasteiger partial charge in [-0.1, -0.05) is 33.6 Å². The lowest BCUT2D eigenvalue weighted by Crippen LogP contribution is -2.33. The molecule has 4 atom stereocenters. The largest absolute Gasteiger partial charge is 0.393 e. The van der Waals surface area contributed by atoms with Crippen molar-refractivity contribution in [3.8, 4) is 0 Å². The molecule has 1 nitrogen and oxygen atoms in total. The van der Waals surface area contributed by atoms with E-state index in [2.05, 4.69) is 20.8 Å². The number of hydrogen-bond donors (Lipinski definition) is 1. The summed E-state index contributed by atoms with van der Waals surface area (Å²) in [6.45, 7) is 6.76. The van der Waals surface area contributed by atoms with Gasteiger partial charge in [-0.15, -0.1) is 0 Å². The van der Waals surface area contributed by atoms with Crippen molar-refractivity contribution >= 4 is 0 Å². The summed E-state index contributed by atoms with van der Waals surface area (Å²) >= 11 is 0. The van der Waals surface area contributed by atoms with Gasteiger partial charge in [-0.05, 0) is 30.6 Å². The highest BCUT2D eigenvalue weighted by molar-refractivity contribution is 4.82. The smallest absolute Gasteiger partial charge is 0.0571 e. The zero-order chi connectivity index (χ0) is 9.14. The van der Waals surface area contributed by atoms with Crippen molar-refractivity contribution in [2.45, 2.75) is 52.6 Å². The Kier molecular flexibility index (Phi) is 3.57. The highest BCUT2D eigenvalue weighted by atomic mass is 16.3. The Bertz CT molecular complexity index is 117. The van der Waals surface area contributed by atoms with Crippen LogP contribution >= 0.6 is 0 Å². The van der Waals surface area contributed by atoms with Crippen LogP contribution in [-0.2, 0) is 0 Å². The van der Waals surface area contributed by atoms with Gasteiger partial charge >= 0.3 is 0 Å². The zero-order valence-electron chi connectivity index (χ0n) is 8.59. The predicted molar refractivity (Wildman–Crippen MR) is 52.0 cm³/mol. The van der Waals surface area contributed by atoms with Crippen LogP contribution in [0.15, 0.2) is 0 Å². The molecule has 0 aromatic heterocycles. The molecule has 1 rings (SSSR count). The van der Waals surface area contributed by atoms with Gasteiger partial charge in [-0.3, -0.25) is 0 Å². The van der Waals surface area contributed by atoms with E-state index in [1.54, 1.807) is 0 Å². The van der Waals surface area contributed by atoms with Crippen LogP contribution < -0.4 is 0 Å². The molecule has 1 aliphatic carbocycles. The van der Waals surface area contributed by atoms with Gasteiger partial charge in [0.25, 0.3) is 0 Å². The van der Waals surface area contributed by atoms with Crippen LogP contribution in [0.5, 0.6) is 0 Å². The summed E-state index contributed by atoms with van der Waals surface area (Å²) in [5.41, 5.74) is 0. The van der Waals surface area contributed by atoms with Gasteiger partial charge in [0, 0.05) is 0 Å². The number of hydrogen-bond acceptors (Lipinski definition) is 1. The molecular weight excluding hydrogens is 148 g/mol. The maximum atomic E-state index is 9.79. The molecular formula is C11H22O. The Labute approximate surface area is 76.2 Å². The van der Waals surface area contributed by atoms with Crippen molar-refractivity contribution in [1.29, 1.82) is 0 Å². The van der Waals surface area contributed by atoms with Gasteiger partial charge in [0.15, 0.2) is 0 Å². The fraction of sp³-hybridized carbons (Fsp3) is 1.00. The van der Waals surface area contributed by atoms with Crippen molar-refractivity contribution in [3.05, 3.63) is 0 Å². The summed E-state index contributed by atoms with van der Waals surface area (Å²) in [5, 5.41) is 9.79. The minimum Gasteiger partial charge on any atom is -0.393 e. The average Bonchev–Trinajstić information content (AvgIpc) is 2.08. The number of aliphatic hydroxyl groups excluding tert-OH is 1. The molecule has 72 valence electrons. The van der Waals surface area contributed by atoms with E-state index in [4.69, 9.17) is 0 Å². The first-order valence-electron chi connectivity index (χ1n) is 5.37. The molecule has 0 spiro atoms. The first-order valence-corrected chi connectivity index (χ1v) is 5.37. The summed E-state index contributed by atoms with van der Waals surface area (Å²) in [6, 6.07) is 0. The summed E-state index contributed by atoms with van der Waals surface area (Å²) in [5.74, 6) is 2.16. The average molecular weight is 170 g/mol. The van der Waals surface area contributed by atoms with Crippen LogP contribution in [-0.4, -0.2) is 11.2 Å². The maximum absolute atomic E-state index is 9.79. The molecule has 1 heteroatoms. The molecule has 0 aliphatic heterocycles. The van der Waals surface area contributed by atoms with Gasteiger partial charge in [0.2, 0.25) is 0 Å². The molecule has 1 fully saturated rings. The van der Waals surface area contributed by atoms with E-state index in [1.165, 1.54) is 12.8 Å². The molecule has 0 heterocycles. The molecule has 4 unspecified atom stereocenters. The van der Waals surface area contributed by atoms with Crippen molar-refractivity contribution in [1.82, 2.24) is 0 Å². The van der Waals surface area contributed by atoms with Crippen LogP contribution in [0.4, 0.5) is 0 Å². The Morgan fingerprint density at radius 1 is 1.08 bits per heavy atom. The maximum Gasteiger partial charge on any atom is 0.0571 e. The lowest BCUT2D eigenvalue weighted by atomic mass is 9.71. The first kappa shape index (κ1) is 10.0. The molecule has 1 N–H and O–H groups in total. The Balaban J connectivity index is 2.49. The summed E-state index contributed by atoms with van der Waals surface area (Å²) in [4.78, 5) is 0. The van der Waals surface area contributed by atoms with Crippen molar-refractivity contribution in [2.75, 3.05) is 0 Å². The Morgan fingerprint density at radius 2 is 1.67 bits per heavy atom. The van der Waals surface area contributed by atoms with E-state index in [1.807, 2.05) is 0 Å². The standard InChI is InChI=1S/C11H22O/c1-4-9-7-11(12)10(5-2)6-8(9)3/h8-12H,4-7H2,1-3H3. The molecule has 12 heavy (non-hydrogen) atoms. The van der Waals surface area contributed by atoms with E-state index in [0.29, 0.717) is 5.92 Å². The molecule has 0 amide bonds. The van der Waals surface area contributed by atoms with E-state index < -0.39 is 0 Å². The normalized spacial score (nSPS) is 43.0. The molecule has 1 saturated carbocycles.